The van der Waals surface area contributed by atoms with E-state index < -0.39 is 83.5 Å². The topological polar surface area (TPSA) is 289 Å². The Kier molecular flexibility index (Phi) is 13.9. The Bertz CT molecular complexity index is 2480. The Balaban J connectivity index is 1.12. The molecule has 0 aliphatic carbocycles. The van der Waals surface area contributed by atoms with Gasteiger partial charge >= 0.3 is 16.9 Å². The number of ether oxygens (including phenoxy) is 2. The molecule has 7 rings (SSSR count). The number of rotatable bonds is 17. The van der Waals surface area contributed by atoms with Gasteiger partial charge in [0.25, 0.3) is 11.5 Å². The highest BCUT2D eigenvalue weighted by molar-refractivity contribution is 7.41. The van der Waals surface area contributed by atoms with Gasteiger partial charge in [-0.2, -0.15) is 10.2 Å². The van der Waals surface area contributed by atoms with Gasteiger partial charge in [0, 0.05) is 40.3 Å². The van der Waals surface area contributed by atoms with Crippen LogP contribution in [-0.4, -0.2) is 99.9 Å². The zero-order valence-electron chi connectivity index (χ0n) is 33.2. The number of nitrogens with one attached hydrogen (secondary N) is 3. The lowest BCUT2D eigenvalue weighted by molar-refractivity contribution is -0.118. The number of nitrogens with zero attached hydrogens (tertiary/aromatic N) is 7. The summed E-state index contributed by atoms with van der Waals surface area (Å²) in [7, 11) is -5.42. The molecule has 0 spiro atoms. The number of aromatic amines is 1. The second-order valence-electron chi connectivity index (χ2n) is 14.6. The second kappa shape index (κ2) is 19.3. The first-order chi connectivity index (χ1) is 29.4. The largest absolute Gasteiger partial charge is 0.695 e. The fraction of sp³-hybridized carbons (Fsp3) is 0.459. The van der Waals surface area contributed by atoms with Crippen LogP contribution < -0.4 is 16.2 Å². The highest BCUT2D eigenvalue weighted by atomic mass is 31.2. The molecule has 5 N–H and O–H groups in total. The van der Waals surface area contributed by atoms with Crippen LogP contribution in [-0.2, 0) is 36.9 Å². The Morgan fingerprint density at radius 3 is 2.57 bits per heavy atom. The maximum absolute atomic E-state index is 13.0. The van der Waals surface area contributed by atoms with Gasteiger partial charge < -0.3 is 33.5 Å². The molecule has 10 atom stereocenters. The molecule has 10 unspecified atom stereocenters. The lowest BCUT2D eigenvalue weighted by Crippen LogP contribution is -2.31. The minimum Gasteiger partial charge on any atom is -0.394 e. The summed E-state index contributed by atoms with van der Waals surface area (Å²) < 4.78 is 52.1. The first-order valence-electron chi connectivity index (χ1n) is 19.2. The third-order valence-electron chi connectivity index (χ3n) is 10.2. The molecule has 5 aromatic rings. The van der Waals surface area contributed by atoms with Crippen LogP contribution in [0.1, 0.15) is 62.5 Å². The molecule has 2 aliphatic rings. The first-order valence-corrected chi connectivity index (χ1v) is 21.4. The summed E-state index contributed by atoms with van der Waals surface area (Å²) in [6.07, 6.45) is 0.599. The van der Waals surface area contributed by atoms with Gasteiger partial charge in [0.05, 0.1) is 56.6 Å². The number of aromatic nitrogens is 7. The summed E-state index contributed by atoms with van der Waals surface area (Å²) in [4.78, 5) is 68.3. The molecule has 0 saturated carbocycles. The van der Waals surface area contributed by atoms with Crippen molar-refractivity contribution < 1.29 is 51.7 Å². The normalized spacial score (nSPS) is 24.6. The highest BCUT2D eigenvalue weighted by Crippen LogP contribution is 2.50. The van der Waals surface area contributed by atoms with Gasteiger partial charge in [-0.15, -0.1) is 9.42 Å². The monoisotopic (exact) mass is 881 g/mol. The molecule has 61 heavy (non-hydrogen) atoms. The van der Waals surface area contributed by atoms with E-state index in [4.69, 9.17) is 27.6 Å². The number of hydrogen-bond donors (Lipinski definition) is 5. The van der Waals surface area contributed by atoms with Crippen LogP contribution >= 0.6 is 16.9 Å². The number of anilines is 2. The van der Waals surface area contributed by atoms with E-state index in [0.29, 0.717) is 16.9 Å². The van der Waals surface area contributed by atoms with E-state index in [2.05, 4.69) is 35.6 Å². The van der Waals surface area contributed by atoms with Gasteiger partial charge in [-0.3, -0.25) is 33.7 Å². The number of hydrogen-bond acceptors (Lipinski definition) is 16. The number of nitriles is 1. The van der Waals surface area contributed by atoms with Crippen molar-refractivity contribution in [3.8, 4) is 6.07 Å². The average Bonchev–Trinajstić information content (AvgIpc) is 4.01. The van der Waals surface area contributed by atoms with Crippen LogP contribution in [0.4, 0.5) is 11.8 Å². The summed E-state index contributed by atoms with van der Waals surface area (Å²) in [5.74, 6) is -2.11. The van der Waals surface area contributed by atoms with Gasteiger partial charge in [-0.05, 0) is 12.1 Å². The predicted octanol–water partition coefficient (Wildman–Crippen LogP) is 3.90. The van der Waals surface area contributed by atoms with E-state index in [0.717, 1.165) is 0 Å². The molecule has 4 aromatic heterocycles. The average molecular weight is 882 g/mol. The first kappa shape index (κ1) is 43.9. The maximum atomic E-state index is 13.0. The van der Waals surface area contributed by atoms with Gasteiger partial charge in [-0.1, -0.05) is 45.9 Å². The fourth-order valence-electron chi connectivity index (χ4n) is 7.01. The van der Waals surface area contributed by atoms with Crippen LogP contribution in [0.15, 0.2) is 60.0 Å². The number of imidazole rings is 2. The third-order valence-corrected chi connectivity index (χ3v) is 11.8. The van der Waals surface area contributed by atoms with Gasteiger partial charge in [0.1, 0.15) is 24.4 Å². The number of carbonyl (C=O) groups excluding carboxylic acids is 2. The zero-order chi connectivity index (χ0) is 43.4. The molecule has 322 valence electrons. The number of H-pyrrole nitrogens is 1. The van der Waals surface area contributed by atoms with Crippen LogP contribution in [0.3, 0.4) is 0 Å². The van der Waals surface area contributed by atoms with Gasteiger partial charge in [0.2, 0.25) is 11.9 Å². The van der Waals surface area contributed by atoms with E-state index in [9.17, 15) is 34.2 Å². The summed E-state index contributed by atoms with van der Waals surface area (Å²) in [6.45, 7) is 6.17. The molecular formula is C37H43N10O12P2+. The lowest BCUT2D eigenvalue weighted by atomic mass is 9.97. The fourth-order valence-corrected chi connectivity index (χ4v) is 8.75. The van der Waals surface area contributed by atoms with E-state index in [1.807, 2.05) is 6.07 Å². The van der Waals surface area contributed by atoms with Crippen molar-refractivity contribution in [2.24, 2.45) is 17.8 Å². The predicted molar refractivity (Wildman–Crippen MR) is 215 cm³/mol. The lowest BCUT2D eigenvalue weighted by Gasteiger charge is -2.27. The number of benzene rings is 1. The van der Waals surface area contributed by atoms with Crippen LogP contribution in [0.5, 0.6) is 0 Å². The second-order valence-corrected chi connectivity index (χ2v) is 16.4. The minimum absolute atomic E-state index is 0.0125. The van der Waals surface area contributed by atoms with Crippen LogP contribution in [0.25, 0.3) is 16.8 Å². The number of amides is 2. The summed E-state index contributed by atoms with van der Waals surface area (Å²) in [5, 5.41) is 24.9. The minimum atomic E-state index is -3.09. The van der Waals surface area contributed by atoms with E-state index >= 15 is 0 Å². The molecule has 0 radical (unpaired) electrons. The third kappa shape index (κ3) is 9.51. The Morgan fingerprint density at radius 1 is 1.07 bits per heavy atom. The van der Waals surface area contributed by atoms with E-state index in [1.54, 1.807) is 74.8 Å². The van der Waals surface area contributed by atoms with Crippen molar-refractivity contribution in [2.45, 2.75) is 70.9 Å². The maximum Gasteiger partial charge on any atom is 0.695 e. The number of fused-ring (bicyclic) bond motifs is 2. The molecule has 2 saturated heterocycles. The van der Waals surface area contributed by atoms with Crippen molar-refractivity contribution in [2.75, 3.05) is 30.5 Å². The molecule has 2 amide bonds. The van der Waals surface area contributed by atoms with Crippen LogP contribution in [0, 0.1) is 29.1 Å². The Morgan fingerprint density at radius 2 is 1.85 bits per heavy atom. The molecule has 24 heteroatoms. The standard InChI is InChI=1S/C37H42N10O12P2/c1-19(2)33(49)44-37-43-31-26(35(51)45-37)41-18-47(31)36-29(20(3)24(16-48)57-36)59-61(54-14-8-11-38)55-17-25-28(58-60(52)53)21(4)27(56-25)23-15-40-32-30(39-12-13-46(23)32)42-34(50)22-9-6-5-7-10-22/h5-7,9-10,12-13,15,18-21,24-25,27-29,36,48H,8,14,16-17H2,1-4H3,(H3-,39,42,43,44,45,49,50,51,52,53)/p+1. The quantitative estimate of drug-likeness (QED) is 0.0653. The summed E-state index contributed by atoms with van der Waals surface area (Å²) in [6, 6.07) is 10.6. The molecule has 2 aliphatic heterocycles. The van der Waals surface area contributed by atoms with Crippen LogP contribution in [0.2, 0.25) is 0 Å². The summed E-state index contributed by atoms with van der Waals surface area (Å²) >= 11 is 0. The molecule has 6 heterocycles. The molecule has 0 bridgehead atoms. The number of aliphatic hydroxyl groups excluding tert-OH is 1. The van der Waals surface area contributed by atoms with E-state index in [1.165, 1.54) is 17.1 Å². The molecule has 2 fully saturated rings. The summed E-state index contributed by atoms with van der Waals surface area (Å²) in [5.41, 5.74) is 0.703. The van der Waals surface area contributed by atoms with Crippen molar-refractivity contribution in [3.63, 3.8) is 0 Å². The molecular weight excluding hydrogens is 838 g/mol. The zero-order valence-corrected chi connectivity index (χ0v) is 35.0. The number of aliphatic hydroxyl groups is 1. The van der Waals surface area contributed by atoms with Crippen molar-refractivity contribution in [1.29, 1.82) is 5.26 Å². The van der Waals surface area contributed by atoms with Crippen molar-refractivity contribution >= 4 is 57.2 Å². The van der Waals surface area contributed by atoms with E-state index in [-0.39, 0.29) is 54.4 Å². The van der Waals surface area contributed by atoms with Gasteiger partial charge in [0.15, 0.2) is 28.9 Å². The number of carbonyl (C=O) groups is 2. The smallest absolute Gasteiger partial charge is 0.394 e. The SMILES string of the molecule is CC(C)C(=O)Nc1nc2c(ncn2C2OC(CO)C(C)C2OP(OCCC#N)OCC2OC(c3cnc4c(NC(=O)c5ccccc5)nccn34)C(C)C2O[P+](=O)O)c(=O)[nH]1. The molecule has 22 nitrogen and oxygen atoms in total. The Labute approximate surface area is 349 Å². The van der Waals surface area contributed by atoms with Crippen molar-refractivity contribution in [3.05, 3.63) is 76.9 Å². The van der Waals surface area contributed by atoms with Gasteiger partial charge in [-0.25, -0.2) is 15.0 Å². The molecule has 1 aromatic carbocycles. The van der Waals surface area contributed by atoms with Crippen molar-refractivity contribution in [1.82, 2.24) is 33.9 Å². The highest BCUT2D eigenvalue weighted by Gasteiger charge is 2.50. The Hall–Kier alpha value is -5.17.